The van der Waals surface area contributed by atoms with Crippen molar-refractivity contribution in [3.63, 3.8) is 0 Å². The first-order chi connectivity index (χ1) is 25.9. The number of nitrogens with one attached hydrogen (secondary N) is 4. The molecule has 1 heterocycles. The molecular weight excluding hydrogens is 708 g/mol. The molecule has 0 aliphatic carbocycles. The summed E-state index contributed by atoms with van der Waals surface area (Å²) in [4.78, 5) is 82.4. The van der Waals surface area contributed by atoms with Gasteiger partial charge in [0.05, 0.1) is 25.0 Å². The number of aliphatic hydroxyl groups excluding tert-OH is 1. The summed E-state index contributed by atoms with van der Waals surface area (Å²) < 4.78 is 5.49. The molecule has 0 saturated carbocycles. The number of carbonyl (C=O) groups excluding carboxylic acids is 6. The van der Waals surface area contributed by atoms with E-state index in [1.54, 1.807) is 61.6 Å². The molecule has 1 saturated heterocycles. The second-order valence-corrected chi connectivity index (χ2v) is 15.0. The fourth-order valence-electron chi connectivity index (χ4n) is 5.93. The molecule has 0 spiro atoms. The SMILES string of the molecule is CN(C)CCCNCC(=O)N(C)c1ccc(OCC(=O)NC(=O)C[C@H](N)C(=O)N[C@@H](Cc2ccccc2)[C@H](O)C(=O)N2CCC[C@H]2C(=O)NC(C)(C)C)cc1. The van der Waals surface area contributed by atoms with E-state index in [9.17, 15) is 33.9 Å². The van der Waals surface area contributed by atoms with Crippen LogP contribution in [0.4, 0.5) is 5.69 Å². The smallest absolute Gasteiger partial charge is 0.264 e. The molecule has 3 rings (SSSR count). The van der Waals surface area contributed by atoms with Gasteiger partial charge >= 0.3 is 0 Å². The van der Waals surface area contributed by atoms with Gasteiger partial charge in [-0.1, -0.05) is 30.3 Å². The van der Waals surface area contributed by atoms with Crippen LogP contribution in [0.5, 0.6) is 5.75 Å². The fourth-order valence-corrected chi connectivity index (χ4v) is 5.93. The van der Waals surface area contributed by atoms with E-state index >= 15 is 0 Å². The van der Waals surface area contributed by atoms with Crippen molar-refractivity contribution in [2.45, 2.75) is 82.6 Å². The van der Waals surface area contributed by atoms with Gasteiger partial charge < -0.3 is 46.2 Å². The number of hydrogen-bond acceptors (Lipinski definition) is 11. The second kappa shape index (κ2) is 21.3. The lowest BCUT2D eigenvalue weighted by Crippen LogP contribution is -2.58. The average Bonchev–Trinajstić information content (AvgIpc) is 3.63. The Morgan fingerprint density at radius 3 is 2.29 bits per heavy atom. The van der Waals surface area contributed by atoms with Gasteiger partial charge in [0, 0.05) is 24.8 Å². The molecule has 16 heteroatoms. The van der Waals surface area contributed by atoms with Gasteiger partial charge in [0.2, 0.25) is 23.6 Å². The Hall–Kier alpha value is -4.90. The summed E-state index contributed by atoms with van der Waals surface area (Å²) in [6.07, 6.45) is -0.307. The van der Waals surface area contributed by atoms with Crippen molar-refractivity contribution in [3.05, 3.63) is 60.2 Å². The van der Waals surface area contributed by atoms with E-state index in [0.29, 0.717) is 29.8 Å². The monoisotopic (exact) mass is 766 g/mol. The Bertz CT molecular complexity index is 1600. The molecule has 1 aliphatic heterocycles. The number of nitrogens with two attached hydrogens (primary N) is 1. The average molecular weight is 767 g/mol. The normalized spacial score (nSPS) is 15.8. The van der Waals surface area contributed by atoms with Crippen molar-refractivity contribution >= 4 is 41.1 Å². The zero-order chi connectivity index (χ0) is 40.7. The highest BCUT2D eigenvalue weighted by atomic mass is 16.5. The summed E-state index contributed by atoms with van der Waals surface area (Å²) in [5.74, 6) is -3.24. The van der Waals surface area contributed by atoms with Crippen LogP contribution in [0.3, 0.4) is 0 Å². The summed E-state index contributed by atoms with van der Waals surface area (Å²) in [5, 5.41) is 22.1. The first-order valence-electron chi connectivity index (χ1n) is 18.5. The fraction of sp³-hybridized carbons (Fsp3) is 0.538. The number of ether oxygens (including phenoxy) is 1. The lowest BCUT2D eigenvalue weighted by atomic mass is 9.99. The molecule has 0 aromatic heterocycles. The molecule has 1 aliphatic rings. The number of benzene rings is 2. The first kappa shape index (κ1) is 44.5. The van der Waals surface area contributed by atoms with Crippen molar-refractivity contribution < 1.29 is 38.6 Å². The van der Waals surface area contributed by atoms with E-state index in [4.69, 9.17) is 10.5 Å². The number of carbonyl (C=O) groups is 6. The molecule has 2 aromatic carbocycles. The highest BCUT2D eigenvalue weighted by Crippen LogP contribution is 2.22. The van der Waals surface area contributed by atoms with Crippen LogP contribution in [-0.4, -0.2) is 134 Å². The van der Waals surface area contributed by atoms with Gasteiger partial charge in [-0.3, -0.25) is 34.1 Å². The minimum atomic E-state index is -1.72. The number of nitrogens with zero attached hydrogens (tertiary/aromatic N) is 3. The van der Waals surface area contributed by atoms with Gasteiger partial charge in [-0.15, -0.1) is 0 Å². The summed E-state index contributed by atoms with van der Waals surface area (Å²) in [7, 11) is 5.65. The molecule has 0 unspecified atom stereocenters. The van der Waals surface area contributed by atoms with Crippen LogP contribution in [0.25, 0.3) is 0 Å². The molecule has 302 valence electrons. The number of aliphatic hydroxyl groups is 1. The Morgan fingerprint density at radius 1 is 0.982 bits per heavy atom. The molecule has 1 fully saturated rings. The van der Waals surface area contributed by atoms with Crippen molar-refractivity contribution in [3.8, 4) is 5.75 Å². The minimum Gasteiger partial charge on any atom is -0.484 e. The summed E-state index contributed by atoms with van der Waals surface area (Å²) >= 11 is 0. The molecule has 16 nitrogen and oxygen atoms in total. The van der Waals surface area contributed by atoms with Crippen LogP contribution in [0, 0.1) is 0 Å². The summed E-state index contributed by atoms with van der Waals surface area (Å²) in [5.41, 5.74) is 6.88. The number of likely N-dealkylation sites (tertiary alicyclic amines) is 1. The van der Waals surface area contributed by atoms with Crippen LogP contribution in [0.1, 0.15) is 52.0 Å². The lowest BCUT2D eigenvalue weighted by Gasteiger charge is -2.32. The predicted molar refractivity (Wildman–Crippen MR) is 208 cm³/mol. The highest BCUT2D eigenvalue weighted by Gasteiger charge is 2.40. The maximum Gasteiger partial charge on any atom is 0.264 e. The Kier molecular flexibility index (Phi) is 17.2. The zero-order valence-electron chi connectivity index (χ0n) is 32.8. The lowest BCUT2D eigenvalue weighted by molar-refractivity contribution is -0.147. The van der Waals surface area contributed by atoms with Gasteiger partial charge in [0.1, 0.15) is 11.8 Å². The predicted octanol–water partition coefficient (Wildman–Crippen LogP) is -0.0762. The quantitative estimate of drug-likeness (QED) is 0.104. The van der Waals surface area contributed by atoms with Gasteiger partial charge in [0.25, 0.3) is 11.8 Å². The molecular formula is C39H58N8O8. The van der Waals surface area contributed by atoms with Crippen molar-refractivity contribution in [1.82, 2.24) is 31.1 Å². The molecule has 0 radical (unpaired) electrons. The number of likely N-dealkylation sites (N-methyl/N-ethyl adjacent to an activating group) is 1. The third-order valence-electron chi connectivity index (χ3n) is 8.82. The van der Waals surface area contributed by atoms with Crippen molar-refractivity contribution in [2.75, 3.05) is 58.8 Å². The van der Waals surface area contributed by atoms with Crippen LogP contribution in [0.2, 0.25) is 0 Å². The summed E-state index contributed by atoms with van der Waals surface area (Å²) in [6.45, 7) is 7.09. The number of hydrogen-bond donors (Lipinski definition) is 6. The highest BCUT2D eigenvalue weighted by molar-refractivity contribution is 5.98. The summed E-state index contributed by atoms with van der Waals surface area (Å²) in [6, 6.07) is 12.1. The van der Waals surface area contributed by atoms with Gasteiger partial charge in [-0.05, 0) is 103 Å². The number of rotatable bonds is 19. The molecule has 7 N–H and O–H groups in total. The maximum absolute atomic E-state index is 13.6. The van der Waals surface area contributed by atoms with Crippen LogP contribution in [-0.2, 0) is 35.2 Å². The van der Waals surface area contributed by atoms with E-state index in [0.717, 1.165) is 19.5 Å². The minimum absolute atomic E-state index is 0.0585. The third kappa shape index (κ3) is 15.0. The molecule has 4 atom stereocenters. The Morgan fingerprint density at radius 2 is 1.65 bits per heavy atom. The van der Waals surface area contributed by atoms with E-state index < -0.39 is 66.4 Å². The first-order valence-corrected chi connectivity index (χ1v) is 18.5. The number of imide groups is 1. The van der Waals surface area contributed by atoms with Crippen LogP contribution in [0.15, 0.2) is 54.6 Å². The number of amides is 6. The van der Waals surface area contributed by atoms with E-state index in [-0.39, 0.29) is 31.3 Å². The van der Waals surface area contributed by atoms with E-state index in [2.05, 4.69) is 26.2 Å². The van der Waals surface area contributed by atoms with Crippen LogP contribution >= 0.6 is 0 Å². The van der Waals surface area contributed by atoms with E-state index in [1.807, 2.05) is 34.9 Å². The third-order valence-corrected chi connectivity index (χ3v) is 8.82. The van der Waals surface area contributed by atoms with Gasteiger partial charge in [0.15, 0.2) is 12.7 Å². The standard InChI is InChI=1S/C39H58N8O8/c1-39(2,3)44-37(53)31-14-10-21-47(31)38(54)35(51)30(22-26-12-8-7-9-13-26)42-36(52)29(40)23-32(48)43-33(49)25-55-28-17-15-27(16-18-28)46(6)34(50)24-41-19-11-20-45(4)5/h7-9,12-13,15-18,29-31,35,41,51H,10-11,14,19-25,40H2,1-6H3,(H,42,52)(H,44,53)(H,43,48,49)/t29-,30-,31-,35-/m0/s1. The Labute approximate surface area is 323 Å². The van der Waals surface area contributed by atoms with Gasteiger partial charge in [-0.2, -0.15) is 0 Å². The zero-order valence-corrected chi connectivity index (χ0v) is 32.8. The molecule has 2 aromatic rings. The van der Waals surface area contributed by atoms with Gasteiger partial charge in [-0.25, -0.2) is 0 Å². The topological polar surface area (TPSA) is 216 Å². The van der Waals surface area contributed by atoms with Crippen LogP contribution < -0.4 is 36.6 Å². The molecule has 0 bridgehead atoms. The largest absolute Gasteiger partial charge is 0.484 e. The maximum atomic E-state index is 13.6. The molecule has 6 amide bonds. The molecule has 55 heavy (non-hydrogen) atoms. The Balaban J connectivity index is 1.51. The van der Waals surface area contributed by atoms with Crippen molar-refractivity contribution in [2.24, 2.45) is 5.73 Å². The second-order valence-electron chi connectivity index (χ2n) is 15.0. The van der Waals surface area contributed by atoms with E-state index in [1.165, 1.54) is 9.80 Å². The van der Waals surface area contributed by atoms with Crippen molar-refractivity contribution in [1.29, 1.82) is 0 Å². The number of anilines is 1.